The molecule has 0 radical (unpaired) electrons. The standard InChI is InChI=1S/C40H24N2S/c1-2-12-26(13-3-1)41-34-18-8-6-15-28(34)32-23-33-30-22-21-25-11-4-5-14-27(25)39(30)42(37(33)24-36(32)41)35-19-10-17-31-29-16-7-9-20-38(29)43-40(31)35/h1-24H. The fourth-order valence-corrected chi connectivity index (χ4v) is 8.46. The molecule has 0 unspecified atom stereocenters. The quantitative estimate of drug-likeness (QED) is 0.198. The van der Waals surface area contributed by atoms with E-state index in [1.807, 2.05) is 11.3 Å². The molecule has 43 heavy (non-hydrogen) atoms. The molecule has 0 aliphatic carbocycles. The third-order valence-electron chi connectivity index (χ3n) is 9.08. The van der Waals surface area contributed by atoms with Gasteiger partial charge in [0.2, 0.25) is 0 Å². The molecule has 0 saturated carbocycles. The lowest BCUT2D eigenvalue weighted by atomic mass is 10.0. The van der Waals surface area contributed by atoms with Crippen molar-refractivity contribution in [3.05, 3.63) is 146 Å². The second-order valence-corrected chi connectivity index (χ2v) is 12.4. The lowest BCUT2D eigenvalue weighted by Crippen LogP contribution is -1.96. The molecule has 3 heterocycles. The van der Waals surface area contributed by atoms with Crippen molar-refractivity contribution >= 4 is 85.9 Å². The van der Waals surface area contributed by atoms with Gasteiger partial charge in [0.15, 0.2) is 0 Å². The summed E-state index contributed by atoms with van der Waals surface area (Å²) in [5, 5.41) is 10.3. The molecule has 0 atom stereocenters. The van der Waals surface area contributed by atoms with Gasteiger partial charge in [0.1, 0.15) is 0 Å². The minimum absolute atomic E-state index is 1.17. The van der Waals surface area contributed by atoms with E-state index >= 15 is 0 Å². The normalized spacial score (nSPS) is 12.2. The fraction of sp³-hybridized carbons (Fsp3) is 0. The average Bonchev–Trinajstić information content (AvgIpc) is 3.72. The summed E-state index contributed by atoms with van der Waals surface area (Å²) in [6, 6.07) is 53.4. The van der Waals surface area contributed by atoms with Crippen molar-refractivity contribution in [2.45, 2.75) is 0 Å². The molecule has 0 bridgehead atoms. The summed E-state index contributed by atoms with van der Waals surface area (Å²) in [6.07, 6.45) is 0. The van der Waals surface area contributed by atoms with E-state index < -0.39 is 0 Å². The molecule has 0 fully saturated rings. The summed E-state index contributed by atoms with van der Waals surface area (Å²) < 4.78 is 7.60. The zero-order valence-electron chi connectivity index (χ0n) is 23.2. The third kappa shape index (κ3) is 3.12. The highest BCUT2D eigenvalue weighted by Gasteiger charge is 2.21. The zero-order valence-corrected chi connectivity index (χ0v) is 24.0. The highest BCUT2D eigenvalue weighted by atomic mass is 32.1. The first-order valence-corrected chi connectivity index (χ1v) is 15.5. The molecule has 0 N–H and O–H groups in total. The van der Waals surface area contributed by atoms with Crippen molar-refractivity contribution < 1.29 is 0 Å². The third-order valence-corrected chi connectivity index (χ3v) is 10.3. The molecule has 200 valence electrons. The van der Waals surface area contributed by atoms with Crippen LogP contribution in [0.3, 0.4) is 0 Å². The van der Waals surface area contributed by atoms with Crippen molar-refractivity contribution in [2.24, 2.45) is 0 Å². The highest BCUT2D eigenvalue weighted by molar-refractivity contribution is 7.26. The summed E-state index contributed by atoms with van der Waals surface area (Å²) in [4.78, 5) is 0. The van der Waals surface area contributed by atoms with E-state index in [1.54, 1.807) is 0 Å². The molecule has 0 aliphatic heterocycles. The summed E-state index contributed by atoms with van der Waals surface area (Å²) in [5.41, 5.74) is 7.34. The first-order valence-electron chi connectivity index (χ1n) is 14.7. The minimum Gasteiger partial charge on any atom is -0.309 e. The van der Waals surface area contributed by atoms with E-state index in [1.165, 1.54) is 85.9 Å². The molecule has 3 heteroatoms. The molecule has 0 spiro atoms. The Hall–Kier alpha value is -5.38. The Kier molecular flexibility index (Phi) is 4.63. The van der Waals surface area contributed by atoms with Gasteiger partial charge >= 0.3 is 0 Å². The van der Waals surface area contributed by atoms with Crippen LogP contribution >= 0.6 is 11.3 Å². The molecule has 7 aromatic carbocycles. The number of hydrogen-bond acceptors (Lipinski definition) is 1. The van der Waals surface area contributed by atoms with Gasteiger partial charge in [0.25, 0.3) is 0 Å². The number of fused-ring (bicyclic) bond motifs is 11. The van der Waals surface area contributed by atoms with Gasteiger partial charge in [-0.1, -0.05) is 103 Å². The Labute approximate surface area is 251 Å². The van der Waals surface area contributed by atoms with E-state index in [4.69, 9.17) is 0 Å². The summed E-state index contributed by atoms with van der Waals surface area (Å²) in [6.45, 7) is 0. The molecule has 0 aliphatic rings. The largest absolute Gasteiger partial charge is 0.309 e. The Balaban J connectivity index is 1.45. The van der Waals surface area contributed by atoms with Gasteiger partial charge in [-0.05, 0) is 47.9 Å². The van der Waals surface area contributed by atoms with E-state index in [9.17, 15) is 0 Å². The summed E-state index contributed by atoms with van der Waals surface area (Å²) >= 11 is 1.89. The molecular formula is C40H24N2S. The maximum absolute atomic E-state index is 2.54. The van der Waals surface area contributed by atoms with E-state index in [-0.39, 0.29) is 0 Å². The molecule has 2 nitrogen and oxygen atoms in total. The van der Waals surface area contributed by atoms with Gasteiger partial charge in [-0.25, -0.2) is 0 Å². The van der Waals surface area contributed by atoms with Gasteiger partial charge in [-0.15, -0.1) is 11.3 Å². The number of para-hydroxylation sites is 2. The van der Waals surface area contributed by atoms with Crippen LogP contribution in [0.25, 0.3) is 85.9 Å². The fourth-order valence-electron chi connectivity index (χ4n) is 7.25. The minimum atomic E-state index is 1.17. The molecule has 10 rings (SSSR count). The SMILES string of the molecule is c1ccc(-n2c3ccccc3c3cc4c5ccc6ccccc6c5n(-c5cccc6c5sc5ccccc56)c4cc32)cc1. The number of benzene rings is 7. The summed E-state index contributed by atoms with van der Waals surface area (Å²) in [7, 11) is 0. The Morgan fingerprint density at radius 3 is 2.00 bits per heavy atom. The predicted octanol–water partition coefficient (Wildman–Crippen LogP) is 11.4. The molecule has 0 saturated heterocycles. The average molecular weight is 565 g/mol. The van der Waals surface area contributed by atoms with Crippen molar-refractivity contribution in [1.82, 2.24) is 9.13 Å². The smallest absolute Gasteiger partial charge is 0.0641 e. The van der Waals surface area contributed by atoms with Crippen LogP contribution in [0.5, 0.6) is 0 Å². The lowest BCUT2D eigenvalue weighted by molar-refractivity contribution is 1.17. The Morgan fingerprint density at radius 1 is 0.395 bits per heavy atom. The van der Waals surface area contributed by atoms with E-state index in [0.717, 1.165) is 0 Å². The van der Waals surface area contributed by atoms with Gasteiger partial charge in [-0.2, -0.15) is 0 Å². The van der Waals surface area contributed by atoms with Crippen LogP contribution < -0.4 is 0 Å². The van der Waals surface area contributed by atoms with Crippen molar-refractivity contribution in [1.29, 1.82) is 0 Å². The monoisotopic (exact) mass is 564 g/mol. The van der Waals surface area contributed by atoms with Gasteiger partial charge in [0, 0.05) is 48.1 Å². The Morgan fingerprint density at radius 2 is 1.09 bits per heavy atom. The van der Waals surface area contributed by atoms with Gasteiger partial charge in [0.05, 0.1) is 32.5 Å². The number of aromatic nitrogens is 2. The molecule has 0 amide bonds. The van der Waals surface area contributed by atoms with Crippen molar-refractivity contribution in [3.63, 3.8) is 0 Å². The molecular weight excluding hydrogens is 541 g/mol. The first-order chi connectivity index (χ1) is 21.3. The number of hydrogen-bond donors (Lipinski definition) is 0. The maximum Gasteiger partial charge on any atom is 0.0641 e. The second kappa shape index (κ2) is 8.57. The van der Waals surface area contributed by atoms with Crippen LogP contribution in [0.15, 0.2) is 146 Å². The number of nitrogens with zero attached hydrogens (tertiary/aromatic N) is 2. The van der Waals surface area contributed by atoms with Gasteiger partial charge < -0.3 is 9.13 Å². The first kappa shape index (κ1) is 23.2. The Bertz CT molecular complexity index is 2720. The van der Waals surface area contributed by atoms with E-state index in [2.05, 4.69) is 155 Å². The van der Waals surface area contributed by atoms with Crippen LogP contribution in [0.2, 0.25) is 0 Å². The summed E-state index contributed by atoms with van der Waals surface area (Å²) in [5.74, 6) is 0. The number of rotatable bonds is 2. The highest BCUT2D eigenvalue weighted by Crippen LogP contribution is 2.44. The van der Waals surface area contributed by atoms with Crippen molar-refractivity contribution in [2.75, 3.05) is 0 Å². The number of thiophene rings is 1. The predicted molar refractivity (Wildman–Crippen MR) is 186 cm³/mol. The van der Waals surface area contributed by atoms with E-state index in [0.29, 0.717) is 0 Å². The lowest BCUT2D eigenvalue weighted by Gasteiger charge is -2.12. The molecule has 10 aromatic rings. The second-order valence-electron chi connectivity index (χ2n) is 11.3. The van der Waals surface area contributed by atoms with Crippen LogP contribution in [-0.2, 0) is 0 Å². The van der Waals surface area contributed by atoms with Crippen molar-refractivity contribution in [3.8, 4) is 11.4 Å². The molecule has 3 aromatic heterocycles. The van der Waals surface area contributed by atoms with Crippen LogP contribution in [0, 0.1) is 0 Å². The maximum atomic E-state index is 2.54. The topological polar surface area (TPSA) is 9.86 Å². The zero-order chi connectivity index (χ0) is 28.1. The van der Waals surface area contributed by atoms with Gasteiger partial charge in [-0.3, -0.25) is 0 Å². The van der Waals surface area contributed by atoms with Crippen LogP contribution in [0.1, 0.15) is 0 Å². The van der Waals surface area contributed by atoms with Crippen LogP contribution in [-0.4, -0.2) is 9.13 Å². The van der Waals surface area contributed by atoms with Crippen LogP contribution in [0.4, 0.5) is 0 Å².